The smallest absolute Gasteiger partial charge is 0.143 e. The number of hydrogen-bond donors (Lipinski definition) is 1. The molecule has 3 nitrogen and oxygen atoms in total. The first kappa shape index (κ1) is 16.0. The highest BCUT2D eigenvalue weighted by atomic mass is 16.5. The van der Waals surface area contributed by atoms with Crippen molar-refractivity contribution in [1.82, 2.24) is 0 Å². The lowest BCUT2D eigenvalue weighted by molar-refractivity contribution is 0.415. The molecule has 0 aromatic heterocycles. The molecule has 0 heterocycles. The number of nitrogen functional groups attached to an aromatic ring is 1. The Morgan fingerprint density at radius 3 is 2.35 bits per heavy atom. The normalized spacial score (nSPS) is 10.7. The van der Waals surface area contributed by atoms with Crippen LogP contribution in [0.3, 0.4) is 0 Å². The Bertz CT molecular complexity index is 1060. The van der Waals surface area contributed by atoms with Crippen LogP contribution in [-0.4, -0.2) is 7.11 Å². The van der Waals surface area contributed by atoms with Crippen molar-refractivity contribution in [1.29, 1.82) is 0 Å². The van der Waals surface area contributed by atoms with Gasteiger partial charge in [-0.2, -0.15) is 0 Å². The minimum atomic E-state index is 0.711. The number of fused-ring (bicyclic) bond motifs is 1. The zero-order valence-corrected chi connectivity index (χ0v) is 14.5. The molecule has 0 aliphatic carbocycles. The maximum absolute atomic E-state index is 6.31. The molecule has 4 aromatic rings. The molecular weight excluding hydrogens is 322 g/mol. The molecular formula is C23H19NO2. The highest BCUT2D eigenvalue weighted by Gasteiger charge is 2.13. The van der Waals surface area contributed by atoms with Gasteiger partial charge in [-0.15, -0.1) is 0 Å². The van der Waals surface area contributed by atoms with Crippen LogP contribution in [0, 0.1) is 0 Å². The summed E-state index contributed by atoms with van der Waals surface area (Å²) < 4.78 is 11.7. The fraction of sp³-hybridized carbons (Fsp3) is 0.0435. The molecule has 128 valence electrons. The molecule has 0 spiro atoms. The fourth-order valence-electron chi connectivity index (χ4n) is 3.02. The molecule has 0 amide bonds. The molecule has 0 saturated carbocycles. The third kappa shape index (κ3) is 3.07. The van der Waals surface area contributed by atoms with E-state index >= 15 is 0 Å². The van der Waals surface area contributed by atoms with Gasteiger partial charge in [-0.05, 0) is 53.4 Å². The highest BCUT2D eigenvalue weighted by Crippen LogP contribution is 2.40. The zero-order chi connectivity index (χ0) is 17.9. The monoisotopic (exact) mass is 341 g/mol. The van der Waals surface area contributed by atoms with Crippen LogP contribution < -0.4 is 15.2 Å². The van der Waals surface area contributed by atoms with E-state index in [1.807, 2.05) is 54.6 Å². The predicted molar refractivity (Wildman–Crippen MR) is 107 cm³/mol. The Balaban J connectivity index is 1.90. The number of anilines is 1. The molecule has 0 aliphatic heterocycles. The summed E-state index contributed by atoms with van der Waals surface area (Å²) in [4.78, 5) is 0. The van der Waals surface area contributed by atoms with Gasteiger partial charge in [0.15, 0.2) is 0 Å². The van der Waals surface area contributed by atoms with Gasteiger partial charge in [-0.3, -0.25) is 0 Å². The second-order valence-electron chi connectivity index (χ2n) is 6.07. The number of benzene rings is 4. The molecule has 0 unspecified atom stereocenters. The van der Waals surface area contributed by atoms with Gasteiger partial charge in [0, 0.05) is 16.6 Å². The molecule has 0 radical (unpaired) electrons. The second kappa shape index (κ2) is 6.81. The van der Waals surface area contributed by atoms with Crippen molar-refractivity contribution in [3.63, 3.8) is 0 Å². The van der Waals surface area contributed by atoms with E-state index in [0.29, 0.717) is 5.69 Å². The molecule has 4 aromatic carbocycles. The first-order valence-corrected chi connectivity index (χ1v) is 8.44. The van der Waals surface area contributed by atoms with Crippen LogP contribution in [0.5, 0.6) is 17.2 Å². The van der Waals surface area contributed by atoms with Crippen molar-refractivity contribution in [2.24, 2.45) is 0 Å². The number of nitrogens with two attached hydrogens (primary N) is 1. The van der Waals surface area contributed by atoms with E-state index < -0.39 is 0 Å². The topological polar surface area (TPSA) is 44.5 Å². The Morgan fingerprint density at radius 1 is 0.731 bits per heavy atom. The van der Waals surface area contributed by atoms with Gasteiger partial charge in [-0.1, -0.05) is 42.5 Å². The molecule has 26 heavy (non-hydrogen) atoms. The van der Waals surface area contributed by atoms with E-state index in [9.17, 15) is 0 Å². The van der Waals surface area contributed by atoms with Gasteiger partial charge in [0.05, 0.1) is 7.11 Å². The Kier molecular flexibility index (Phi) is 4.20. The summed E-state index contributed by atoms with van der Waals surface area (Å²) >= 11 is 0. The van der Waals surface area contributed by atoms with Crippen LogP contribution in [0.1, 0.15) is 0 Å². The summed E-state index contributed by atoms with van der Waals surface area (Å²) in [5, 5.41) is 2.19. The first-order chi connectivity index (χ1) is 12.7. The van der Waals surface area contributed by atoms with Crippen molar-refractivity contribution in [3.8, 4) is 28.4 Å². The van der Waals surface area contributed by atoms with Crippen LogP contribution in [0.4, 0.5) is 5.69 Å². The Labute approximate surface area is 152 Å². The number of hydrogen-bond acceptors (Lipinski definition) is 3. The maximum Gasteiger partial charge on any atom is 0.143 e. The van der Waals surface area contributed by atoms with E-state index in [0.717, 1.165) is 39.1 Å². The Morgan fingerprint density at radius 2 is 1.54 bits per heavy atom. The van der Waals surface area contributed by atoms with Gasteiger partial charge < -0.3 is 15.2 Å². The number of methoxy groups -OCH3 is 1. The summed E-state index contributed by atoms with van der Waals surface area (Å²) in [5.41, 5.74) is 8.56. The van der Waals surface area contributed by atoms with Crippen LogP contribution in [0.25, 0.3) is 21.9 Å². The molecule has 4 rings (SSSR count). The third-order valence-electron chi connectivity index (χ3n) is 4.36. The molecule has 0 atom stereocenters. The number of ether oxygens (including phenoxy) is 2. The number of rotatable bonds is 4. The third-order valence-corrected chi connectivity index (χ3v) is 4.36. The van der Waals surface area contributed by atoms with E-state index in [-0.39, 0.29) is 0 Å². The van der Waals surface area contributed by atoms with E-state index in [1.165, 1.54) is 0 Å². The summed E-state index contributed by atoms with van der Waals surface area (Å²) in [5.74, 6) is 2.38. The minimum absolute atomic E-state index is 0.711. The van der Waals surface area contributed by atoms with Crippen molar-refractivity contribution in [2.75, 3.05) is 12.8 Å². The quantitative estimate of drug-likeness (QED) is 0.471. The largest absolute Gasteiger partial charge is 0.497 e. The minimum Gasteiger partial charge on any atom is -0.497 e. The average Bonchev–Trinajstić information content (AvgIpc) is 2.70. The van der Waals surface area contributed by atoms with E-state index in [1.54, 1.807) is 7.11 Å². The zero-order valence-electron chi connectivity index (χ0n) is 14.5. The van der Waals surface area contributed by atoms with Gasteiger partial charge in [-0.25, -0.2) is 0 Å². The van der Waals surface area contributed by atoms with Gasteiger partial charge in [0.2, 0.25) is 0 Å². The van der Waals surface area contributed by atoms with E-state index in [4.69, 9.17) is 15.2 Å². The van der Waals surface area contributed by atoms with E-state index in [2.05, 4.69) is 30.3 Å². The summed E-state index contributed by atoms with van der Waals surface area (Å²) in [7, 11) is 1.67. The highest BCUT2D eigenvalue weighted by molar-refractivity contribution is 5.95. The summed E-state index contributed by atoms with van der Waals surface area (Å²) in [6.45, 7) is 0. The maximum atomic E-state index is 6.31. The average molecular weight is 341 g/mol. The van der Waals surface area contributed by atoms with Crippen LogP contribution in [0.2, 0.25) is 0 Å². The lowest BCUT2D eigenvalue weighted by atomic mass is 9.99. The summed E-state index contributed by atoms with van der Waals surface area (Å²) in [6.07, 6.45) is 0. The van der Waals surface area contributed by atoms with Gasteiger partial charge in [0.25, 0.3) is 0 Å². The molecule has 3 heteroatoms. The molecule has 2 N–H and O–H groups in total. The lowest BCUT2D eigenvalue weighted by Gasteiger charge is -2.15. The van der Waals surface area contributed by atoms with Crippen LogP contribution in [-0.2, 0) is 0 Å². The van der Waals surface area contributed by atoms with Crippen molar-refractivity contribution >= 4 is 16.5 Å². The lowest BCUT2D eigenvalue weighted by Crippen LogP contribution is -1.92. The van der Waals surface area contributed by atoms with Crippen LogP contribution >= 0.6 is 0 Å². The van der Waals surface area contributed by atoms with Crippen molar-refractivity contribution in [3.05, 3.63) is 84.9 Å². The SMILES string of the molecule is COc1cccc(-c2ccc3ccccc3c2Oc2ccc(N)cc2)c1. The first-order valence-electron chi connectivity index (χ1n) is 8.44. The molecule has 0 bridgehead atoms. The summed E-state index contributed by atoms with van der Waals surface area (Å²) in [6, 6.07) is 27.8. The Hall–Kier alpha value is -3.46. The van der Waals surface area contributed by atoms with Crippen LogP contribution in [0.15, 0.2) is 84.9 Å². The van der Waals surface area contributed by atoms with Crippen molar-refractivity contribution in [2.45, 2.75) is 0 Å². The molecule has 0 aliphatic rings. The predicted octanol–water partition coefficient (Wildman–Crippen LogP) is 5.89. The van der Waals surface area contributed by atoms with Crippen molar-refractivity contribution < 1.29 is 9.47 Å². The van der Waals surface area contributed by atoms with Gasteiger partial charge >= 0.3 is 0 Å². The molecule has 0 saturated heterocycles. The second-order valence-corrected chi connectivity index (χ2v) is 6.07. The van der Waals surface area contributed by atoms with Gasteiger partial charge in [0.1, 0.15) is 17.2 Å². The molecule has 0 fully saturated rings. The standard InChI is InChI=1S/C23H19NO2/c1-25-20-7-4-6-17(15-20)22-14-9-16-5-2-3-8-21(16)23(22)26-19-12-10-18(24)11-13-19/h2-15H,24H2,1H3. The fourth-order valence-corrected chi connectivity index (χ4v) is 3.02.